The molecular weight excluding hydrogens is 751 g/mol. The van der Waals surface area contributed by atoms with Gasteiger partial charge in [-0.25, -0.2) is 0 Å². The monoisotopic (exact) mass is 846 g/mol. The van der Waals surface area contributed by atoms with Crippen molar-refractivity contribution in [3.05, 3.63) is 0 Å². The van der Waals surface area contributed by atoms with Gasteiger partial charge in [0.2, 0.25) is 5.91 Å². The van der Waals surface area contributed by atoms with Crippen LogP contribution in [0.15, 0.2) is 0 Å². The molecular formula is C48H95NO10. The van der Waals surface area contributed by atoms with Crippen LogP contribution in [0, 0.1) is 0 Å². The third-order valence-electron chi connectivity index (χ3n) is 12.4. The van der Waals surface area contributed by atoms with Crippen LogP contribution in [0.3, 0.4) is 0 Å². The van der Waals surface area contributed by atoms with E-state index in [2.05, 4.69) is 19.2 Å². The van der Waals surface area contributed by atoms with Gasteiger partial charge in [0.25, 0.3) is 0 Å². The summed E-state index contributed by atoms with van der Waals surface area (Å²) >= 11 is 0. The molecule has 0 aliphatic carbocycles. The number of hydrogen-bond donors (Lipinski definition) is 8. The van der Waals surface area contributed by atoms with Crippen LogP contribution < -0.4 is 5.32 Å². The molecule has 9 unspecified atom stereocenters. The smallest absolute Gasteiger partial charge is 0.249 e. The standard InChI is InChI=1S/C48H95NO10/c1-3-5-7-9-11-13-15-16-17-18-19-20-21-22-23-25-27-29-31-33-35-41(52)47(57)49-40(38-58-48-46(56)45(55)44(54)43(37-50)59-48)42(53)36-39(51)34-32-30-28-26-24-14-12-10-8-6-4-2/h39-46,48,50-56H,3-38H2,1-2H3,(H,49,57). The molecule has 1 rings (SSSR count). The predicted molar refractivity (Wildman–Crippen MR) is 238 cm³/mol. The molecule has 1 heterocycles. The summed E-state index contributed by atoms with van der Waals surface area (Å²) in [6, 6.07) is -1.06. The highest BCUT2D eigenvalue weighted by Crippen LogP contribution is 2.23. The maximum absolute atomic E-state index is 13.1. The quantitative estimate of drug-likeness (QED) is 0.0276. The second-order valence-corrected chi connectivity index (χ2v) is 17.9. The number of hydrogen-bond acceptors (Lipinski definition) is 10. The molecule has 1 fully saturated rings. The Labute approximate surface area is 360 Å². The topological polar surface area (TPSA) is 189 Å². The van der Waals surface area contributed by atoms with Crippen molar-refractivity contribution in [3.8, 4) is 0 Å². The molecule has 1 aliphatic heterocycles. The minimum atomic E-state index is -1.64. The molecule has 0 radical (unpaired) electrons. The van der Waals surface area contributed by atoms with E-state index in [4.69, 9.17) is 9.47 Å². The fourth-order valence-electron chi connectivity index (χ4n) is 8.26. The van der Waals surface area contributed by atoms with Gasteiger partial charge in [-0.05, 0) is 12.8 Å². The summed E-state index contributed by atoms with van der Waals surface area (Å²) in [5, 5.41) is 75.6. The van der Waals surface area contributed by atoms with Crippen LogP contribution in [-0.4, -0.2) is 110 Å². The maximum Gasteiger partial charge on any atom is 0.249 e. The number of nitrogens with one attached hydrogen (secondary N) is 1. The summed E-state index contributed by atoms with van der Waals surface area (Å²) < 4.78 is 11.1. The van der Waals surface area contributed by atoms with Crippen LogP contribution in [-0.2, 0) is 14.3 Å². The van der Waals surface area contributed by atoms with Crippen molar-refractivity contribution in [2.75, 3.05) is 13.2 Å². The Morgan fingerprint density at radius 1 is 0.542 bits per heavy atom. The minimum Gasteiger partial charge on any atom is -0.394 e. The number of amides is 1. The number of aliphatic hydroxyl groups is 7. The third kappa shape index (κ3) is 29.2. The lowest BCUT2D eigenvalue weighted by Gasteiger charge is -2.40. The molecule has 0 aromatic rings. The molecule has 0 saturated carbocycles. The third-order valence-corrected chi connectivity index (χ3v) is 12.4. The van der Waals surface area contributed by atoms with Crippen molar-refractivity contribution < 1.29 is 50.0 Å². The Hall–Kier alpha value is -0.890. The van der Waals surface area contributed by atoms with Crippen molar-refractivity contribution in [2.24, 2.45) is 0 Å². The zero-order valence-electron chi connectivity index (χ0n) is 38.0. The number of aliphatic hydroxyl groups excluding tert-OH is 7. The molecule has 0 aromatic carbocycles. The van der Waals surface area contributed by atoms with Crippen molar-refractivity contribution in [1.82, 2.24) is 5.32 Å². The van der Waals surface area contributed by atoms with Gasteiger partial charge in [0.1, 0.15) is 30.5 Å². The van der Waals surface area contributed by atoms with Crippen molar-refractivity contribution in [2.45, 2.75) is 287 Å². The Balaban J connectivity index is 2.36. The zero-order valence-corrected chi connectivity index (χ0v) is 38.0. The van der Waals surface area contributed by atoms with E-state index < -0.39 is 67.6 Å². The van der Waals surface area contributed by atoms with Crippen LogP contribution in [0.5, 0.6) is 0 Å². The van der Waals surface area contributed by atoms with E-state index in [0.717, 1.165) is 38.5 Å². The Kier molecular flexibility index (Phi) is 36.9. The van der Waals surface area contributed by atoms with E-state index in [0.29, 0.717) is 12.8 Å². The molecule has 0 aromatic heterocycles. The van der Waals surface area contributed by atoms with E-state index in [1.807, 2.05) is 0 Å². The highest BCUT2D eigenvalue weighted by Gasteiger charge is 2.44. The second kappa shape index (κ2) is 38.8. The SMILES string of the molecule is CCCCCCCCCCCCCCCCCCCCCCC(O)C(=O)NC(COC1OC(CO)C(O)C(O)C1O)C(O)CC(O)CCCCCCCCCCCCC. The van der Waals surface area contributed by atoms with Crippen molar-refractivity contribution in [1.29, 1.82) is 0 Å². The van der Waals surface area contributed by atoms with E-state index >= 15 is 0 Å². The van der Waals surface area contributed by atoms with Gasteiger partial charge in [-0.1, -0.05) is 213 Å². The minimum absolute atomic E-state index is 0.0315. The van der Waals surface area contributed by atoms with Gasteiger partial charge in [0.05, 0.1) is 31.5 Å². The van der Waals surface area contributed by atoms with Gasteiger partial charge < -0.3 is 50.5 Å². The van der Waals surface area contributed by atoms with E-state index in [9.17, 15) is 40.5 Å². The van der Waals surface area contributed by atoms with Crippen LogP contribution in [0.2, 0.25) is 0 Å². The molecule has 9 atom stereocenters. The van der Waals surface area contributed by atoms with Crippen LogP contribution in [0.25, 0.3) is 0 Å². The Morgan fingerprint density at radius 2 is 0.915 bits per heavy atom. The summed E-state index contributed by atoms with van der Waals surface area (Å²) in [4.78, 5) is 13.1. The van der Waals surface area contributed by atoms with Gasteiger partial charge in [0, 0.05) is 6.42 Å². The van der Waals surface area contributed by atoms with Crippen molar-refractivity contribution in [3.63, 3.8) is 0 Å². The van der Waals surface area contributed by atoms with Gasteiger partial charge in [-0.15, -0.1) is 0 Å². The average molecular weight is 846 g/mol. The molecule has 11 heteroatoms. The lowest BCUT2D eigenvalue weighted by Crippen LogP contribution is -2.60. The van der Waals surface area contributed by atoms with E-state index in [1.54, 1.807) is 0 Å². The lowest BCUT2D eigenvalue weighted by molar-refractivity contribution is -0.302. The first-order valence-corrected chi connectivity index (χ1v) is 24.9. The summed E-state index contributed by atoms with van der Waals surface area (Å²) in [6.45, 7) is 3.51. The summed E-state index contributed by atoms with van der Waals surface area (Å²) in [5.41, 5.74) is 0. The van der Waals surface area contributed by atoms with Gasteiger partial charge in [-0.3, -0.25) is 4.79 Å². The van der Waals surface area contributed by atoms with E-state index in [1.165, 1.54) is 154 Å². The summed E-state index contributed by atoms with van der Waals surface area (Å²) in [7, 11) is 0. The van der Waals surface area contributed by atoms with E-state index in [-0.39, 0.29) is 19.4 Å². The van der Waals surface area contributed by atoms with Crippen LogP contribution >= 0.6 is 0 Å². The predicted octanol–water partition coefficient (Wildman–Crippen LogP) is 8.67. The highest BCUT2D eigenvalue weighted by atomic mass is 16.7. The van der Waals surface area contributed by atoms with Crippen LogP contribution in [0.1, 0.15) is 232 Å². The number of carbonyl (C=O) groups excluding carboxylic acids is 1. The fourth-order valence-corrected chi connectivity index (χ4v) is 8.26. The first-order valence-electron chi connectivity index (χ1n) is 24.9. The van der Waals surface area contributed by atoms with Gasteiger partial charge in [0.15, 0.2) is 6.29 Å². The van der Waals surface area contributed by atoms with Crippen LogP contribution in [0.4, 0.5) is 0 Å². The maximum atomic E-state index is 13.1. The molecule has 0 spiro atoms. The molecule has 1 aliphatic rings. The molecule has 352 valence electrons. The largest absolute Gasteiger partial charge is 0.394 e. The zero-order chi connectivity index (χ0) is 43.4. The average Bonchev–Trinajstić information content (AvgIpc) is 3.23. The first kappa shape index (κ1) is 56.1. The van der Waals surface area contributed by atoms with Gasteiger partial charge >= 0.3 is 0 Å². The molecule has 1 amide bonds. The molecule has 59 heavy (non-hydrogen) atoms. The fraction of sp³-hybridized carbons (Fsp3) is 0.979. The highest BCUT2D eigenvalue weighted by molar-refractivity contribution is 5.80. The molecule has 1 saturated heterocycles. The Bertz CT molecular complexity index is 928. The summed E-state index contributed by atoms with van der Waals surface area (Å²) in [6.07, 6.45) is 28.6. The number of ether oxygens (including phenoxy) is 2. The van der Waals surface area contributed by atoms with Crippen molar-refractivity contribution >= 4 is 5.91 Å². The second-order valence-electron chi connectivity index (χ2n) is 17.9. The normalized spacial score (nSPS) is 21.7. The summed E-state index contributed by atoms with van der Waals surface area (Å²) in [5.74, 6) is -0.663. The number of carbonyl (C=O) groups is 1. The molecule has 11 nitrogen and oxygen atoms in total. The molecule has 8 N–H and O–H groups in total. The number of unbranched alkanes of at least 4 members (excludes halogenated alkanes) is 29. The Morgan fingerprint density at radius 3 is 1.31 bits per heavy atom. The molecule has 0 bridgehead atoms. The first-order chi connectivity index (χ1) is 28.7. The lowest BCUT2D eigenvalue weighted by atomic mass is 9.98. The number of rotatable bonds is 42. The van der Waals surface area contributed by atoms with Gasteiger partial charge in [-0.2, -0.15) is 0 Å².